The smallest absolute Gasteiger partial charge is 0.424 e. The second kappa shape index (κ2) is 25.1. The minimum absolute atomic E-state index is 0.0245. The number of carbonyl (C=O) groups excluding carboxylic acids is 2. The lowest BCUT2D eigenvalue weighted by Gasteiger charge is -2.31. The number of carbonyl (C=O) groups is 2. The van der Waals surface area contributed by atoms with Crippen LogP contribution >= 0.6 is 0 Å². The molecule has 2 amide bonds. The van der Waals surface area contributed by atoms with Crippen LogP contribution in [0.2, 0.25) is 0 Å². The summed E-state index contributed by atoms with van der Waals surface area (Å²) < 4.78 is 107. The van der Waals surface area contributed by atoms with E-state index in [0.717, 1.165) is 25.3 Å². The molecule has 0 fully saturated rings. The molecule has 79 heavy (non-hydrogen) atoms. The summed E-state index contributed by atoms with van der Waals surface area (Å²) in [5, 5.41) is 0. The van der Waals surface area contributed by atoms with E-state index in [-0.39, 0.29) is 63.3 Å². The summed E-state index contributed by atoms with van der Waals surface area (Å²) in [7, 11) is -13.8. The lowest BCUT2D eigenvalue weighted by Crippen LogP contribution is -2.41. The van der Waals surface area contributed by atoms with Crippen LogP contribution in [0.5, 0.6) is 0 Å². The maximum Gasteiger partial charge on any atom is 0.424 e. The van der Waals surface area contributed by atoms with Crippen LogP contribution < -0.4 is 0 Å². The molecule has 0 aliphatic carbocycles. The van der Waals surface area contributed by atoms with E-state index >= 15 is 25.3 Å². The van der Waals surface area contributed by atoms with Gasteiger partial charge in [-0.05, 0) is 152 Å². The van der Waals surface area contributed by atoms with Crippen LogP contribution in [0.1, 0.15) is 221 Å². The first-order valence-electron chi connectivity index (χ1n) is 27.5. The van der Waals surface area contributed by atoms with E-state index in [2.05, 4.69) is 0 Å². The van der Waals surface area contributed by atoms with Crippen LogP contribution in [0.3, 0.4) is 0 Å². The third kappa shape index (κ3) is 15.5. The fraction of sp³-hybridized carbons (Fsp3) is 0.492. The molecule has 0 aromatic heterocycles. The van der Waals surface area contributed by atoms with E-state index in [9.17, 15) is 9.59 Å². The van der Waals surface area contributed by atoms with Gasteiger partial charge in [-0.15, -0.1) is 0 Å². The van der Waals surface area contributed by atoms with Crippen LogP contribution in [0.15, 0.2) is 112 Å². The number of aryl methyl sites for hydroxylation is 1. The quantitative estimate of drug-likeness (QED) is 0.0732. The Morgan fingerprint density at radius 3 is 0.949 bits per heavy atom. The highest BCUT2D eigenvalue weighted by Crippen LogP contribution is 2.40. The first-order valence-corrected chi connectivity index (χ1v) is 31.8. The lowest BCUT2D eigenvalue weighted by molar-refractivity contribution is 0.0368. The van der Waals surface area contributed by atoms with E-state index in [4.69, 9.17) is 9.47 Å². The number of nitrogens with zero attached hydrogens (tertiary/aromatic N) is 3. The Bertz CT molecular complexity index is 3090. The molecule has 0 saturated heterocycles. The van der Waals surface area contributed by atoms with Crippen LogP contribution in [-0.2, 0) is 65.7 Å². The average Bonchev–Trinajstić information content (AvgIpc) is 3.36. The molecule has 0 N–H and O–H groups in total. The predicted molar refractivity (Wildman–Crippen MR) is 316 cm³/mol. The van der Waals surface area contributed by atoms with E-state index in [0.29, 0.717) is 44.5 Å². The summed E-state index contributed by atoms with van der Waals surface area (Å²) >= 11 is 0. The third-order valence-electron chi connectivity index (χ3n) is 13.7. The minimum atomic E-state index is -4.69. The van der Waals surface area contributed by atoms with Crippen molar-refractivity contribution in [2.75, 3.05) is 0 Å². The number of hydrogen-bond acceptors (Lipinski definition) is 10. The molecule has 0 bridgehead atoms. The fourth-order valence-corrected chi connectivity index (χ4v) is 14.5. The topological polar surface area (TPSA) is 165 Å². The monoisotopic (exact) mass is 1140 g/mol. The summed E-state index contributed by atoms with van der Waals surface area (Å²) in [6.07, 6.45) is -2.20. The second-order valence-electron chi connectivity index (χ2n) is 24.6. The average molecular weight is 1140 g/mol. The highest BCUT2D eigenvalue weighted by Gasteiger charge is 2.41. The van der Waals surface area contributed by atoms with Crippen molar-refractivity contribution in [2.45, 2.75) is 219 Å². The molecule has 5 aromatic carbocycles. The van der Waals surface area contributed by atoms with Crippen LogP contribution in [0.25, 0.3) is 0 Å². The zero-order chi connectivity index (χ0) is 59.5. The maximum absolute atomic E-state index is 15.5. The Morgan fingerprint density at radius 2 is 0.696 bits per heavy atom. The summed E-state index contributed by atoms with van der Waals surface area (Å²) in [4.78, 5) is 29.2. The van der Waals surface area contributed by atoms with Gasteiger partial charge in [0.2, 0.25) is 10.0 Å². The Balaban J connectivity index is 1.73. The minimum Gasteiger partial charge on any atom is -0.443 e. The van der Waals surface area contributed by atoms with Gasteiger partial charge in [0.1, 0.15) is 11.2 Å². The number of benzene rings is 5. The van der Waals surface area contributed by atoms with Gasteiger partial charge >= 0.3 is 12.2 Å². The maximum atomic E-state index is 15.5. The molecule has 16 heteroatoms. The largest absolute Gasteiger partial charge is 0.443 e. The Kier molecular flexibility index (Phi) is 20.4. The van der Waals surface area contributed by atoms with Gasteiger partial charge in [-0.3, -0.25) is 0 Å². The van der Waals surface area contributed by atoms with Gasteiger partial charge in [0.25, 0.3) is 20.0 Å². The van der Waals surface area contributed by atoms with Crippen molar-refractivity contribution in [1.29, 1.82) is 0 Å². The number of ether oxygens (including phenoxy) is 2. The van der Waals surface area contributed by atoms with E-state index < -0.39 is 66.5 Å². The Hall–Kier alpha value is -5.55. The second-order valence-corrected chi connectivity index (χ2v) is 30.1. The van der Waals surface area contributed by atoms with Gasteiger partial charge in [-0.1, -0.05) is 174 Å². The molecule has 5 rings (SSSR count). The fourth-order valence-electron chi connectivity index (χ4n) is 9.22. The van der Waals surface area contributed by atoms with E-state index in [1.807, 2.05) is 114 Å². The van der Waals surface area contributed by atoms with E-state index in [1.54, 1.807) is 102 Å². The molecule has 0 saturated carbocycles. The number of hydrogen-bond donors (Lipinski definition) is 0. The number of amides is 2. The van der Waals surface area contributed by atoms with Crippen molar-refractivity contribution in [1.82, 2.24) is 12.9 Å². The number of rotatable bonds is 20. The van der Waals surface area contributed by atoms with Crippen LogP contribution in [-0.4, -0.2) is 61.6 Å². The zero-order valence-electron chi connectivity index (χ0n) is 50.2. The summed E-state index contributed by atoms with van der Waals surface area (Å²) in [5.74, 6) is -0.821. The molecule has 0 spiro atoms. The molecule has 13 nitrogen and oxygen atoms in total. The van der Waals surface area contributed by atoms with Crippen molar-refractivity contribution in [3.8, 4) is 0 Å². The Morgan fingerprint density at radius 1 is 0.418 bits per heavy atom. The molecular formula is C63H87N3O10S3. The van der Waals surface area contributed by atoms with Gasteiger partial charge in [-0.2, -0.15) is 12.9 Å². The molecule has 0 heterocycles. The number of sulfonamides is 3. The molecule has 0 radical (unpaired) electrons. The molecular weight excluding hydrogens is 1050 g/mol. The van der Waals surface area contributed by atoms with Gasteiger partial charge in [0.05, 0.1) is 27.8 Å². The third-order valence-corrected chi connectivity index (χ3v) is 19.2. The zero-order valence-corrected chi connectivity index (χ0v) is 52.6. The predicted octanol–water partition coefficient (Wildman–Crippen LogP) is 15.4. The lowest BCUT2D eigenvalue weighted by atomic mass is 9.89. The molecule has 5 aromatic rings. The Labute approximate surface area is 474 Å². The van der Waals surface area contributed by atoms with Crippen LogP contribution in [0, 0.1) is 6.92 Å². The van der Waals surface area contributed by atoms with Gasteiger partial charge in [-0.25, -0.2) is 34.8 Å². The highest BCUT2D eigenvalue weighted by atomic mass is 32.2. The van der Waals surface area contributed by atoms with Gasteiger partial charge in [0, 0.05) is 13.1 Å². The van der Waals surface area contributed by atoms with Gasteiger partial charge in [0.15, 0.2) is 0 Å². The van der Waals surface area contributed by atoms with Crippen molar-refractivity contribution in [3.05, 3.63) is 158 Å². The summed E-state index contributed by atoms with van der Waals surface area (Å²) in [6.45, 7) is 33.6. The molecule has 0 aliphatic heterocycles. The van der Waals surface area contributed by atoms with Crippen molar-refractivity contribution in [3.63, 3.8) is 0 Å². The molecule has 0 atom stereocenters. The normalized spacial score (nSPS) is 12.9. The first-order chi connectivity index (χ1) is 36.4. The SMILES string of the molecule is Cc1ccc(S(=O)(=O)N(Cc2ccccc2CN(C(=O)OC(C)(C)C)S(=O)(=O)c2c(C(C)C)cc(C(C)C)cc2C(C)C)Cc2ccccc2CN(C(=O)OC(C)(C)C)S(=O)(=O)c2c(C(C)C)cc(C(C)C)cc2C(C)C)cc1. The first kappa shape index (κ1) is 64.3. The van der Waals surface area contributed by atoms with Crippen molar-refractivity contribution >= 4 is 42.3 Å². The van der Waals surface area contributed by atoms with Crippen LogP contribution in [0.4, 0.5) is 9.59 Å². The van der Waals surface area contributed by atoms with Crippen molar-refractivity contribution in [2.24, 2.45) is 0 Å². The summed E-state index contributed by atoms with van der Waals surface area (Å²) in [6, 6.07) is 27.5. The highest BCUT2D eigenvalue weighted by molar-refractivity contribution is 7.90. The van der Waals surface area contributed by atoms with E-state index in [1.165, 1.54) is 16.4 Å². The molecule has 432 valence electrons. The molecule has 0 aliphatic rings. The van der Waals surface area contributed by atoms with Crippen molar-refractivity contribution < 1.29 is 44.3 Å². The molecule has 0 unspecified atom stereocenters. The summed E-state index contributed by atoms with van der Waals surface area (Å²) in [5.41, 5.74) is 4.25. The van der Waals surface area contributed by atoms with Gasteiger partial charge < -0.3 is 9.47 Å². The standard InChI is InChI=1S/C63H87N3O10S3/c1-40(2)51-32-54(42(5)6)58(55(33-51)43(7)8)78(71,72)65(60(67)75-62(14,15)16)38-49-26-22-20-24-47(49)36-64(77(69,70)53-30-28-46(13)29-31-53)37-48-25-21-23-27-50(48)39-66(61(68)76-63(17,18)19)79(73,74)59-56(44(9)10)34-52(41(3)4)35-57(59)45(11)12/h20-35,40-45H,36-39H2,1-19H3.